The van der Waals surface area contributed by atoms with Gasteiger partial charge in [0.1, 0.15) is 17.5 Å². The maximum absolute atomic E-state index is 13.6. The number of sulfonamides is 1. The van der Waals surface area contributed by atoms with E-state index in [0.29, 0.717) is 19.0 Å². The molecule has 2 heterocycles. The highest BCUT2D eigenvalue weighted by molar-refractivity contribution is 7.88. The van der Waals surface area contributed by atoms with Crippen molar-refractivity contribution < 1.29 is 17.5 Å². The van der Waals surface area contributed by atoms with E-state index in [1.807, 2.05) is 0 Å². The maximum atomic E-state index is 13.6. The first-order valence-electron chi connectivity index (χ1n) is 7.89. The summed E-state index contributed by atoms with van der Waals surface area (Å²) < 4.78 is 45.6. The first-order chi connectivity index (χ1) is 12.0. The molecule has 2 aromatic rings. The molecule has 0 bridgehead atoms. The van der Waals surface area contributed by atoms with Crippen LogP contribution in [0.25, 0.3) is 0 Å². The molecule has 0 radical (unpaired) electrons. The van der Waals surface area contributed by atoms with Gasteiger partial charge in [-0.05, 0) is 12.1 Å². The Bertz CT molecular complexity index is 826. The minimum Gasteiger partial charge on any atom is -0.378 e. The van der Waals surface area contributed by atoms with Gasteiger partial charge < -0.3 is 9.64 Å². The van der Waals surface area contributed by atoms with Gasteiger partial charge in [0, 0.05) is 24.8 Å². The van der Waals surface area contributed by atoms with Gasteiger partial charge in [-0.15, -0.1) is 0 Å². The molecule has 1 aliphatic rings. The van der Waals surface area contributed by atoms with Crippen LogP contribution in [-0.4, -0.2) is 44.7 Å². The average molecular weight is 366 g/mol. The number of hydrogen-bond acceptors (Lipinski definition) is 6. The molecule has 0 spiro atoms. The van der Waals surface area contributed by atoms with E-state index in [0.717, 1.165) is 18.9 Å². The van der Waals surface area contributed by atoms with Crippen molar-refractivity contribution in [1.82, 2.24) is 14.7 Å². The normalized spacial score (nSPS) is 15.3. The molecule has 1 N–H and O–H groups in total. The van der Waals surface area contributed by atoms with Gasteiger partial charge >= 0.3 is 0 Å². The van der Waals surface area contributed by atoms with Crippen LogP contribution in [0.1, 0.15) is 11.4 Å². The smallest absolute Gasteiger partial charge is 0.216 e. The summed E-state index contributed by atoms with van der Waals surface area (Å²) in [5, 5.41) is 0. The standard InChI is InChI=1S/C16H19FN4O3S/c17-14-4-2-1-3-13(14)12-25(22,23)19-11-15-18-6-5-16(20-15)21-7-9-24-10-8-21/h1-6,19H,7-12H2. The van der Waals surface area contributed by atoms with Crippen molar-refractivity contribution in [3.05, 3.63) is 53.7 Å². The van der Waals surface area contributed by atoms with E-state index in [1.54, 1.807) is 18.3 Å². The van der Waals surface area contributed by atoms with Crippen molar-refractivity contribution in [3.63, 3.8) is 0 Å². The number of morpholine rings is 1. The Morgan fingerprint density at radius 3 is 2.72 bits per heavy atom. The topological polar surface area (TPSA) is 84.4 Å². The number of nitrogens with zero attached hydrogens (tertiary/aromatic N) is 3. The van der Waals surface area contributed by atoms with Crippen LogP contribution >= 0.6 is 0 Å². The van der Waals surface area contributed by atoms with Crippen LogP contribution in [0.2, 0.25) is 0 Å². The number of aromatic nitrogens is 2. The molecule has 0 aliphatic carbocycles. The fourth-order valence-electron chi connectivity index (χ4n) is 2.49. The third kappa shape index (κ3) is 4.94. The molecule has 0 atom stereocenters. The lowest BCUT2D eigenvalue weighted by Gasteiger charge is -2.27. The molecule has 1 saturated heterocycles. The zero-order valence-electron chi connectivity index (χ0n) is 13.6. The SMILES string of the molecule is O=S(=O)(Cc1ccccc1F)NCc1nccc(N2CCOCC2)n1. The summed E-state index contributed by atoms with van der Waals surface area (Å²) in [4.78, 5) is 10.5. The molecular formula is C16H19FN4O3S. The molecule has 0 saturated carbocycles. The minimum absolute atomic E-state index is 0.0467. The summed E-state index contributed by atoms with van der Waals surface area (Å²) in [6.45, 7) is 2.68. The molecule has 1 aliphatic heterocycles. The molecule has 7 nitrogen and oxygen atoms in total. The van der Waals surface area contributed by atoms with E-state index >= 15 is 0 Å². The first-order valence-corrected chi connectivity index (χ1v) is 9.54. The Labute approximate surface area is 145 Å². The molecule has 3 rings (SSSR count). The van der Waals surface area contributed by atoms with Crippen molar-refractivity contribution in [2.24, 2.45) is 0 Å². The molecule has 0 unspecified atom stereocenters. The average Bonchev–Trinajstić information content (AvgIpc) is 2.63. The maximum Gasteiger partial charge on any atom is 0.216 e. The lowest BCUT2D eigenvalue weighted by Crippen LogP contribution is -2.37. The molecule has 1 aromatic carbocycles. The predicted octanol–water partition coefficient (Wildman–Crippen LogP) is 1.07. The highest BCUT2D eigenvalue weighted by Crippen LogP contribution is 2.13. The third-order valence-electron chi connectivity index (χ3n) is 3.78. The van der Waals surface area contributed by atoms with Gasteiger partial charge in [0.15, 0.2) is 0 Å². The quantitative estimate of drug-likeness (QED) is 0.823. The lowest BCUT2D eigenvalue weighted by atomic mass is 10.2. The van der Waals surface area contributed by atoms with E-state index in [2.05, 4.69) is 19.6 Å². The Morgan fingerprint density at radius 2 is 1.96 bits per heavy atom. The summed E-state index contributed by atoms with van der Waals surface area (Å²) in [7, 11) is -3.70. The Hall–Kier alpha value is -2.10. The number of benzene rings is 1. The summed E-state index contributed by atoms with van der Waals surface area (Å²) in [5.74, 6) is 0.129. The van der Waals surface area contributed by atoms with Crippen molar-refractivity contribution in [2.75, 3.05) is 31.2 Å². The van der Waals surface area contributed by atoms with Crippen LogP contribution in [0.3, 0.4) is 0 Å². The van der Waals surface area contributed by atoms with Crippen molar-refractivity contribution >= 4 is 15.8 Å². The Kier molecular flexibility index (Phi) is 5.57. The van der Waals surface area contributed by atoms with Crippen LogP contribution in [0.15, 0.2) is 36.5 Å². The summed E-state index contributed by atoms with van der Waals surface area (Å²) in [6, 6.07) is 7.58. The second kappa shape index (κ2) is 7.85. The number of anilines is 1. The van der Waals surface area contributed by atoms with Gasteiger partial charge in [-0.2, -0.15) is 0 Å². The molecule has 0 amide bonds. The Balaban J connectivity index is 1.63. The van der Waals surface area contributed by atoms with Crippen molar-refractivity contribution in [1.29, 1.82) is 0 Å². The minimum atomic E-state index is -3.70. The Morgan fingerprint density at radius 1 is 1.20 bits per heavy atom. The largest absolute Gasteiger partial charge is 0.378 e. The van der Waals surface area contributed by atoms with Gasteiger partial charge in [0.25, 0.3) is 0 Å². The number of hydrogen-bond donors (Lipinski definition) is 1. The molecular weight excluding hydrogens is 347 g/mol. The molecule has 1 fully saturated rings. The van der Waals surface area contributed by atoms with Crippen molar-refractivity contribution in [2.45, 2.75) is 12.3 Å². The van der Waals surface area contributed by atoms with Gasteiger partial charge in [-0.1, -0.05) is 18.2 Å². The van der Waals surface area contributed by atoms with Crippen LogP contribution in [0.5, 0.6) is 0 Å². The number of rotatable bonds is 6. The van der Waals surface area contributed by atoms with E-state index < -0.39 is 21.6 Å². The van der Waals surface area contributed by atoms with E-state index in [4.69, 9.17) is 4.74 Å². The second-order valence-electron chi connectivity index (χ2n) is 5.60. The van der Waals surface area contributed by atoms with Crippen LogP contribution in [0.4, 0.5) is 10.2 Å². The second-order valence-corrected chi connectivity index (χ2v) is 7.41. The molecule has 25 heavy (non-hydrogen) atoms. The lowest BCUT2D eigenvalue weighted by molar-refractivity contribution is 0.122. The number of nitrogens with one attached hydrogen (secondary N) is 1. The predicted molar refractivity (Wildman–Crippen MR) is 90.9 cm³/mol. The third-order valence-corrected chi connectivity index (χ3v) is 5.05. The highest BCUT2D eigenvalue weighted by atomic mass is 32.2. The first kappa shape index (κ1) is 17.7. The highest BCUT2D eigenvalue weighted by Gasteiger charge is 2.16. The van der Waals surface area contributed by atoms with E-state index in [9.17, 15) is 12.8 Å². The zero-order valence-corrected chi connectivity index (χ0v) is 14.4. The fourth-order valence-corrected chi connectivity index (χ4v) is 3.58. The van der Waals surface area contributed by atoms with Crippen LogP contribution in [0, 0.1) is 5.82 Å². The summed E-state index contributed by atoms with van der Waals surface area (Å²) in [5.41, 5.74) is 0.123. The molecule has 134 valence electrons. The monoisotopic (exact) mass is 366 g/mol. The number of halogens is 1. The van der Waals surface area contributed by atoms with Gasteiger partial charge in [-0.25, -0.2) is 27.5 Å². The van der Waals surface area contributed by atoms with E-state index in [1.165, 1.54) is 18.2 Å². The molecule has 9 heteroatoms. The molecule has 1 aromatic heterocycles. The number of ether oxygens (including phenoxy) is 1. The van der Waals surface area contributed by atoms with Gasteiger partial charge in [0.2, 0.25) is 10.0 Å². The van der Waals surface area contributed by atoms with Crippen LogP contribution < -0.4 is 9.62 Å². The van der Waals surface area contributed by atoms with E-state index in [-0.39, 0.29) is 12.1 Å². The summed E-state index contributed by atoms with van der Waals surface area (Å²) in [6.07, 6.45) is 1.60. The van der Waals surface area contributed by atoms with Gasteiger partial charge in [-0.3, -0.25) is 0 Å². The fraction of sp³-hybridized carbons (Fsp3) is 0.375. The van der Waals surface area contributed by atoms with Crippen LogP contribution in [-0.2, 0) is 27.1 Å². The zero-order chi connectivity index (χ0) is 17.7. The summed E-state index contributed by atoms with van der Waals surface area (Å²) >= 11 is 0. The van der Waals surface area contributed by atoms with Gasteiger partial charge in [0.05, 0.1) is 25.5 Å². The van der Waals surface area contributed by atoms with Crippen molar-refractivity contribution in [3.8, 4) is 0 Å².